The number of carbonyl (C=O) groups is 1. The highest BCUT2D eigenvalue weighted by Crippen LogP contribution is 2.36. The summed E-state index contributed by atoms with van der Waals surface area (Å²) in [5, 5.41) is 0. The van der Waals surface area contributed by atoms with Gasteiger partial charge in [0.05, 0.1) is 0 Å². The van der Waals surface area contributed by atoms with Crippen molar-refractivity contribution in [3.8, 4) is 0 Å². The van der Waals surface area contributed by atoms with Gasteiger partial charge < -0.3 is 4.79 Å². The third-order valence-corrected chi connectivity index (χ3v) is 6.38. The number of aldehydes is 1. The molecule has 21 heavy (non-hydrogen) atoms. The smallest absolute Gasteiger partial charge is 0.123 e. The first-order chi connectivity index (χ1) is 10.2. The predicted octanol–water partition coefficient (Wildman–Crippen LogP) is 6.01. The van der Waals surface area contributed by atoms with E-state index in [0.717, 1.165) is 36.5 Å². The molecule has 0 aromatic heterocycles. The van der Waals surface area contributed by atoms with Gasteiger partial charge in [-0.3, -0.25) is 0 Å². The minimum Gasteiger partial charge on any atom is -0.303 e. The number of hydrogen-bond donors (Lipinski definition) is 0. The van der Waals surface area contributed by atoms with Crippen LogP contribution in [-0.4, -0.2) is 6.29 Å². The van der Waals surface area contributed by atoms with Crippen LogP contribution in [-0.2, 0) is 4.79 Å². The zero-order valence-electron chi connectivity index (χ0n) is 14.4. The Bertz CT molecular complexity index is 290. The van der Waals surface area contributed by atoms with Gasteiger partial charge in [-0.2, -0.15) is 0 Å². The molecule has 2 aliphatic carbocycles. The number of unbranched alkanes of at least 4 members (excludes halogenated alkanes) is 2. The van der Waals surface area contributed by atoms with E-state index < -0.39 is 0 Å². The Morgan fingerprint density at radius 1 is 0.857 bits per heavy atom. The van der Waals surface area contributed by atoms with Crippen molar-refractivity contribution in [3.05, 3.63) is 0 Å². The minimum atomic E-state index is 0.386. The summed E-state index contributed by atoms with van der Waals surface area (Å²) in [4.78, 5) is 10.8. The van der Waals surface area contributed by atoms with E-state index >= 15 is 0 Å². The van der Waals surface area contributed by atoms with E-state index in [2.05, 4.69) is 13.8 Å². The second-order valence-electron chi connectivity index (χ2n) is 8.21. The van der Waals surface area contributed by atoms with E-state index in [-0.39, 0.29) is 0 Å². The van der Waals surface area contributed by atoms with E-state index in [4.69, 9.17) is 0 Å². The fraction of sp³-hybridized carbons (Fsp3) is 0.950. The topological polar surface area (TPSA) is 17.1 Å². The van der Waals surface area contributed by atoms with Crippen molar-refractivity contribution in [3.63, 3.8) is 0 Å². The molecule has 0 aromatic carbocycles. The van der Waals surface area contributed by atoms with E-state index in [1.165, 1.54) is 70.5 Å². The Morgan fingerprint density at radius 2 is 1.57 bits per heavy atom. The van der Waals surface area contributed by atoms with E-state index in [1.807, 2.05) is 0 Å². The van der Waals surface area contributed by atoms with Crippen molar-refractivity contribution in [1.29, 1.82) is 0 Å². The van der Waals surface area contributed by atoms with Gasteiger partial charge in [-0.05, 0) is 62.2 Å². The molecule has 0 saturated heterocycles. The highest BCUT2D eigenvalue weighted by molar-refractivity contribution is 5.53. The SMILES string of the molecule is CC1CCC(CCCCCC2CCC(C=O)CC2)C(C)C1. The summed E-state index contributed by atoms with van der Waals surface area (Å²) in [7, 11) is 0. The van der Waals surface area contributed by atoms with Gasteiger partial charge in [0.25, 0.3) is 0 Å². The van der Waals surface area contributed by atoms with Crippen LogP contribution in [0.3, 0.4) is 0 Å². The molecule has 122 valence electrons. The summed E-state index contributed by atoms with van der Waals surface area (Å²) in [6, 6.07) is 0. The maximum atomic E-state index is 10.8. The summed E-state index contributed by atoms with van der Waals surface area (Å²) in [5.74, 6) is 4.27. The Balaban J connectivity index is 1.49. The van der Waals surface area contributed by atoms with Gasteiger partial charge in [-0.1, -0.05) is 52.4 Å². The second-order valence-corrected chi connectivity index (χ2v) is 8.21. The summed E-state index contributed by atoms with van der Waals surface area (Å²) in [6.07, 6.45) is 17.7. The molecule has 2 saturated carbocycles. The number of carbonyl (C=O) groups excluding carboxylic acids is 1. The number of rotatable bonds is 7. The van der Waals surface area contributed by atoms with Crippen LogP contribution in [0.25, 0.3) is 0 Å². The van der Waals surface area contributed by atoms with Crippen molar-refractivity contribution in [1.82, 2.24) is 0 Å². The molecule has 0 spiro atoms. The lowest BCUT2D eigenvalue weighted by molar-refractivity contribution is -0.112. The molecular formula is C20H36O. The average molecular weight is 293 g/mol. The molecule has 0 bridgehead atoms. The lowest BCUT2D eigenvalue weighted by Crippen LogP contribution is -2.21. The van der Waals surface area contributed by atoms with Crippen LogP contribution in [0.15, 0.2) is 0 Å². The Labute approximate surface area is 132 Å². The fourth-order valence-corrected chi connectivity index (χ4v) is 4.79. The molecule has 1 heteroatoms. The van der Waals surface area contributed by atoms with Crippen LogP contribution in [0.4, 0.5) is 0 Å². The van der Waals surface area contributed by atoms with Crippen molar-refractivity contribution in [2.45, 2.75) is 90.9 Å². The lowest BCUT2D eigenvalue weighted by atomic mass is 9.73. The molecule has 0 aromatic rings. The second kappa shape index (κ2) is 8.96. The van der Waals surface area contributed by atoms with Gasteiger partial charge in [-0.15, -0.1) is 0 Å². The molecule has 2 rings (SSSR count). The first kappa shape index (κ1) is 17.0. The van der Waals surface area contributed by atoms with Crippen LogP contribution in [0.5, 0.6) is 0 Å². The summed E-state index contributed by atoms with van der Waals surface area (Å²) < 4.78 is 0. The van der Waals surface area contributed by atoms with Crippen LogP contribution in [0.2, 0.25) is 0 Å². The third kappa shape index (κ3) is 5.75. The van der Waals surface area contributed by atoms with Crippen LogP contribution in [0, 0.1) is 29.6 Å². The minimum absolute atomic E-state index is 0.386. The summed E-state index contributed by atoms with van der Waals surface area (Å²) >= 11 is 0. The van der Waals surface area contributed by atoms with Crippen molar-refractivity contribution in [2.24, 2.45) is 29.6 Å². The van der Waals surface area contributed by atoms with Gasteiger partial charge in [0.15, 0.2) is 0 Å². The molecule has 0 amide bonds. The molecule has 3 unspecified atom stereocenters. The molecule has 2 fully saturated rings. The first-order valence-corrected chi connectivity index (χ1v) is 9.64. The molecule has 0 aliphatic heterocycles. The van der Waals surface area contributed by atoms with Gasteiger partial charge in [0.2, 0.25) is 0 Å². The Hall–Kier alpha value is -0.330. The molecule has 3 atom stereocenters. The molecule has 0 heterocycles. The zero-order chi connectivity index (χ0) is 15.1. The van der Waals surface area contributed by atoms with Crippen molar-refractivity contribution < 1.29 is 4.79 Å². The Morgan fingerprint density at radius 3 is 2.24 bits per heavy atom. The van der Waals surface area contributed by atoms with Crippen LogP contribution < -0.4 is 0 Å². The van der Waals surface area contributed by atoms with E-state index in [9.17, 15) is 4.79 Å². The van der Waals surface area contributed by atoms with Gasteiger partial charge in [-0.25, -0.2) is 0 Å². The maximum Gasteiger partial charge on any atom is 0.123 e. The standard InChI is InChI=1S/C20H36O/c1-16-8-13-20(17(2)14-16)7-5-3-4-6-18-9-11-19(15-21)12-10-18/h15-20H,3-14H2,1-2H3. The average Bonchev–Trinajstić information content (AvgIpc) is 2.49. The predicted molar refractivity (Wildman–Crippen MR) is 90.3 cm³/mol. The molecule has 0 N–H and O–H groups in total. The molecular weight excluding hydrogens is 256 g/mol. The fourth-order valence-electron chi connectivity index (χ4n) is 4.79. The summed E-state index contributed by atoms with van der Waals surface area (Å²) in [5.41, 5.74) is 0. The normalized spacial score (nSPS) is 37.3. The van der Waals surface area contributed by atoms with E-state index in [1.54, 1.807) is 0 Å². The monoisotopic (exact) mass is 292 g/mol. The highest BCUT2D eigenvalue weighted by Gasteiger charge is 2.24. The molecule has 2 aliphatic rings. The lowest BCUT2D eigenvalue weighted by Gasteiger charge is -2.32. The summed E-state index contributed by atoms with van der Waals surface area (Å²) in [6.45, 7) is 4.90. The maximum absolute atomic E-state index is 10.8. The zero-order valence-corrected chi connectivity index (χ0v) is 14.4. The molecule has 0 radical (unpaired) electrons. The van der Waals surface area contributed by atoms with Crippen molar-refractivity contribution >= 4 is 6.29 Å². The van der Waals surface area contributed by atoms with Crippen LogP contribution >= 0.6 is 0 Å². The first-order valence-electron chi connectivity index (χ1n) is 9.64. The molecule has 1 nitrogen and oxygen atoms in total. The largest absolute Gasteiger partial charge is 0.303 e. The van der Waals surface area contributed by atoms with Gasteiger partial charge in [0.1, 0.15) is 6.29 Å². The highest BCUT2D eigenvalue weighted by atomic mass is 16.1. The number of hydrogen-bond acceptors (Lipinski definition) is 1. The van der Waals surface area contributed by atoms with Gasteiger partial charge in [0, 0.05) is 5.92 Å². The quantitative estimate of drug-likeness (QED) is 0.414. The van der Waals surface area contributed by atoms with Gasteiger partial charge >= 0.3 is 0 Å². The Kier molecular flexibility index (Phi) is 7.26. The third-order valence-electron chi connectivity index (χ3n) is 6.38. The van der Waals surface area contributed by atoms with E-state index in [0.29, 0.717) is 5.92 Å². The van der Waals surface area contributed by atoms with Crippen molar-refractivity contribution in [2.75, 3.05) is 0 Å². The van der Waals surface area contributed by atoms with Crippen LogP contribution in [0.1, 0.15) is 90.9 Å².